The number of fused-ring (bicyclic) bond motifs is 1. The molecule has 0 aliphatic heterocycles. The highest BCUT2D eigenvalue weighted by Crippen LogP contribution is 2.35. The van der Waals surface area contributed by atoms with Crippen LogP contribution < -0.4 is 10.9 Å². The maximum absolute atomic E-state index is 12.5. The molecule has 3 N–H and O–H groups in total. The SMILES string of the molecule is CCNC(=O)c1cc2c(-c3cc(C(C)(C)O)ccc3Cl)cn(C)c(=O)c2[nH]1. The average Bonchev–Trinajstić information content (AvgIpc) is 3.04. The number of H-pyrrole nitrogens is 1. The van der Waals surface area contributed by atoms with Gasteiger partial charge in [-0.1, -0.05) is 17.7 Å². The molecule has 3 rings (SSSR count). The van der Waals surface area contributed by atoms with Crippen LogP contribution in [0, 0.1) is 0 Å². The van der Waals surface area contributed by atoms with E-state index in [2.05, 4.69) is 10.3 Å². The van der Waals surface area contributed by atoms with E-state index < -0.39 is 5.60 Å². The molecule has 0 radical (unpaired) electrons. The number of carbonyl (C=O) groups is 1. The molecule has 3 aromatic rings. The number of halogens is 1. The number of nitrogens with one attached hydrogen (secondary N) is 2. The minimum Gasteiger partial charge on any atom is -0.386 e. The van der Waals surface area contributed by atoms with Crippen molar-refractivity contribution in [2.75, 3.05) is 6.54 Å². The number of aliphatic hydroxyl groups is 1. The summed E-state index contributed by atoms with van der Waals surface area (Å²) in [5, 5.41) is 14.2. The average molecular weight is 388 g/mol. The third-order valence-electron chi connectivity index (χ3n) is 4.51. The van der Waals surface area contributed by atoms with Gasteiger partial charge in [-0.3, -0.25) is 9.59 Å². The Morgan fingerprint density at radius 2 is 2.00 bits per heavy atom. The number of aromatic nitrogens is 2. The molecule has 0 bridgehead atoms. The molecular weight excluding hydrogens is 366 g/mol. The predicted molar refractivity (Wildman–Crippen MR) is 107 cm³/mol. The highest BCUT2D eigenvalue weighted by molar-refractivity contribution is 6.33. The zero-order chi connectivity index (χ0) is 19.9. The summed E-state index contributed by atoms with van der Waals surface area (Å²) in [6.07, 6.45) is 1.69. The Labute approximate surface area is 161 Å². The molecule has 142 valence electrons. The molecule has 0 aliphatic rings. The molecule has 27 heavy (non-hydrogen) atoms. The number of benzene rings is 1. The van der Waals surface area contributed by atoms with Gasteiger partial charge in [-0.2, -0.15) is 0 Å². The summed E-state index contributed by atoms with van der Waals surface area (Å²) in [6, 6.07) is 6.95. The largest absolute Gasteiger partial charge is 0.386 e. The molecule has 0 saturated carbocycles. The molecular formula is C20H22ClN3O3. The van der Waals surface area contributed by atoms with Crippen molar-refractivity contribution in [3.8, 4) is 11.1 Å². The van der Waals surface area contributed by atoms with E-state index in [0.717, 1.165) is 0 Å². The Morgan fingerprint density at radius 3 is 2.63 bits per heavy atom. The Kier molecular flexibility index (Phi) is 4.88. The van der Waals surface area contributed by atoms with Gasteiger partial charge in [-0.25, -0.2) is 0 Å². The fourth-order valence-corrected chi connectivity index (χ4v) is 3.26. The van der Waals surface area contributed by atoms with E-state index in [9.17, 15) is 14.7 Å². The number of pyridine rings is 1. The minimum atomic E-state index is -1.04. The summed E-state index contributed by atoms with van der Waals surface area (Å²) in [5.41, 5.74) is 1.45. The van der Waals surface area contributed by atoms with Crippen LogP contribution in [-0.4, -0.2) is 27.1 Å². The van der Waals surface area contributed by atoms with Crippen LogP contribution in [0.3, 0.4) is 0 Å². The topological polar surface area (TPSA) is 87.1 Å². The summed E-state index contributed by atoms with van der Waals surface area (Å²) in [4.78, 5) is 27.7. The standard InChI is InChI=1S/C20H22ClN3O3/c1-5-22-18(25)16-9-13-14(10-24(4)19(26)17(13)23-16)12-8-11(20(2,3)27)6-7-15(12)21/h6-10,23,27H,5H2,1-4H3,(H,22,25). The number of hydrogen-bond donors (Lipinski definition) is 3. The number of amides is 1. The van der Waals surface area contributed by atoms with Crippen molar-refractivity contribution in [3.63, 3.8) is 0 Å². The number of aromatic amines is 1. The van der Waals surface area contributed by atoms with Crippen LogP contribution in [0.1, 0.15) is 36.8 Å². The van der Waals surface area contributed by atoms with Crippen molar-refractivity contribution >= 4 is 28.4 Å². The van der Waals surface area contributed by atoms with Crippen LogP contribution in [0.15, 0.2) is 35.3 Å². The fourth-order valence-electron chi connectivity index (χ4n) is 3.04. The second-order valence-electron chi connectivity index (χ2n) is 7.04. The lowest BCUT2D eigenvalue weighted by Gasteiger charge is -2.19. The molecule has 6 nitrogen and oxygen atoms in total. The first kappa shape index (κ1) is 19.2. The second kappa shape index (κ2) is 6.87. The van der Waals surface area contributed by atoms with E-state index in [1.165, 1.54) is 4.57 Å². The lowest BCUT2D eigenvalue weighted by Crippen LogP contribution is -2.23. The summed E-state index contributed by atoms with van der Waals surface area (Å²) in [7, 11) is 1.64. The van der Waals surface area contributed by atoms with Gasteiger partial charge in [0.1, 0.15) is 11.2 Å². The van der Waals surface area contributed by atoms with Gasteiger partial charge in [0, 0.05) is 41.3 Å². The number of aryl methyl sites for hydroxylation is 1. The van der Waals surface area contributed by atoms with Gasteiger partial charge in [-0.05, 0) is 44.5 Å². The molecule has 0 atom stereocenters. The van der Waals surface area contributed by atoms with E-state index in [0.29, 0.717) is 44.9 Å². The summed E-state index contributed by atoms with van der Waals surface area (Å²) in [5.74, 6) is -0.280. The second-order valence-corrected chi connectivity index (χ2v) is 7.45. The third kappa shape index (κ3) is 3.50. The van der Waals surface area contributed by atoms with Crippen molar-refractivity contribution < 1.29 is 9.90 Å². The van der Waals surface area contributed by atoms with Crippen LogP contribution in [0.5, 0.6) is 0 Å². The summed E-state index contributed by atoms with van der Waals surface area (Å²) in [6.45, 7) is 5.70. The lowest BCUT2D eigenvalue weighted by molar-refractivity contribution is 0.0786. The molecule has 7 heteroatoms. The highest BCUT2D eigenvalue weighted by atomic mass is 35.5. The molecule has 1 amide bonds. The quantitative estimate of drug-likeness (QED) is 0.642. The van der Waals surface area contributed by atoms with Crippen molar-refractivity contribution in [2.45, 2.75) is 26.4 Å². The van der Waals surface area contributed by atoms with Gasteiger partial charge in [-0.15, -0.1) is 0 Å². The molecule has 0 aliphatic carbocycles. The summed E-state index contributed by atoms with van der Waals surface area (Å²) < 4.78 is 1.45. The number of rotatable bonds is 4. The van der Waals surface area contributed by atoms with E-state index in [1.54, 1.807) is 51.4 Å². The van der Waals surface area contributed by atoms with Gasteiger partial charge in [0.05, 0.1) is 5.60 Å². The van der Waals surface area contributed by atoms with E-state index in [1.807, 2.05) is 6.92 Å². The Bertz CT molecular complexity index is 1090. The first-order valence-corrected chi connectivity index (χ1v) is 9.04. The van der Waals surface area contributed by atoms with Crippen molar-refractivity contribution in [1.29, 1.82) is 0 Å². The van der Waals surface area contributed by atoms with Crippen molar-refractivity contribution in [3.05, 3.63) is 57.1 Å². The van der Waals surface area contributed by atoms with E-state index in [-0.39, 0.29) is 11.5 Å². The number of carbonyl (C=O) groups excluding carboxylic acids is 1. The first-order valence-electron chi connectivity index (χ1n) is 8.66. The normalized spacial score (nSPS) is 11.8. The number of nitrogens with zero attached hydrogens (tertiary/aromatic N) is 1. The zero-order valence-corrected chi connectivity index (χ0v) is 16.4. The van der Waals surface area contributed by atoms with Gasteiger partial charge in [0.15, 0.2) is 0 Å². The van der Waals surface area contributed by atoms with Gasteiger partial charge >= 0.3 is 0 Å². The molecule has 0 unspecified atom stereocenters. The minimum absolute atomic E-state index is 0.237. The lowest BCUT2D eigenvalue weighted by atomic mass is 9.93. The molecule has 2 heterocycles. The van der Waals surface area contributed by atoms with Crippen LogP contribution >= 0.6 is 11.6 Å². The zero-order valence-electron chi connectivity index (χ0n) is 15.7. The fraction of sp³-hybridized carbons (Fsp3) is 0.300. The Hall–Kier alpha value is -2.57. The predicted octanol–water partition coefficient (Wildman–Crippen LogP) is 3.16. The van der Waals surface area contributed by atoms with E-state index in [4.69, 9.17) is 11.6 Å². The maximum Gasteiger partial charge on any atom is 0.274 e. The van der Waals surface area contributed by atoms with Crippen molar-refractivity contribution in [2.24, 2.45) is 7.05 Å². The molecule has 1 aromatic carbocycles. The van der Waals surface area contributed by atoms with Crippen LogP contribution in [0.2, 0.25) is 5.02 Å². The van der Waals surface area contributed by atoms with Gasteiger partial charge < -0.3 is 20.0 Å². The van der Waals surface area contributed by atoms with Crippen LogP contribution in [-0.2, 0) is 12.6 Å². The Morgan fingerprint density at radius 1 is 1.30 bits per heavy atom. The molecule has 2 aromatic heterocycles. The molecule has 0 saturated heterocycles. The van der Waals surface area contributed by atoms with Gasteiger partial charge in [0.25, 0.3) is 11.5 Å². The van der Waals surface area contributed by atoms with Crippen LogP contribution in [0.4, 0.5) is 0 Å². The van der Waals surface area contributed by atoms with Crippen LogP contribution in [0.25, 0.3) is 22.0 Å². The Balaban J connectivity index is 2.31. The smallest absolute Gasteiger partial charge is 0.274 e. The maximum atomic E-state index is 12.5. The molecule has 0 spiro atoms. The third-order valence-corrected chi connectivity index (χ3v) is 4.84. The number of hydrogen-bond acceptors (Lipinski definition) is 3. The molecule has 0 fully saturated rings. The van der Waals surface area contributed by atoms with Gasteiger partial charge in [0.2, 0.25) is 0 Å². The highest BCUT2D eigenvalue weighted by Gasteiger charge is 2.21. The monoisotopic (exact) mass is 387 g/mol. The van der Waals surface area contributed by atoms with E-state index >= 15 is 0 Å². The van der Waals surface area contributed by atoms with Crippen molar-refractivity contribution in [1.82, 2.24) is 14.9 Å². The first-order chi connectivity index (χ1) is 12.6. The summed E-state index contributed by atoms with van der Waals surface area (Å²) >= 11 is 6.43.